The molecule has 8 nitrogen and oxygen atoms in total. The van der Waals surface area contributed by atoms with Gasteiger partial charge in [-0.1, -0.05) is 25.5 Å². The molecule has 2 heterocycles. The molecule has 1 aromatic heterocycles. The minimum Gasteiger partial charge on any atom is -0.497 e. The highest BCUT2D eigenvalue weighted by Crippen LogP contribution is 2.35. The summed E-state index contributed by atoms with van der Waals surface area (Å²) < 4.78 is 12.7. The second-order valence-corrected chi connectivity index (χ2v) is 7.55. The number of benzene rings is 2. The zero-order valence-corrected chi connectivity index (χ0v) is 18.5. The lowest BCUT2D eigenvalue weighted by molar-refractivity contribution is -0.113. The number of hydrogen-bond donors (Lipinski definition) is 2. The number of methoxy groups -OCH3 is 1. The third-order valence-corrected chi connectivity index (χ3v) is 5.35. The predicted octanol–water partition coefficient (Wildman–Crippen LogP) is 4.39. The summed E-state index contributed by atoms with van der Waals surface area (Å²) in [5, 5.41) is 10.5. The van der Waals surface area contributed by atoms with Crippen molar-refractivity contribution in [1.29, 1.82) is 0 Å². The number of allylic oxidation sites excluding steroid dienone is 1. The number of hydrogen-bond acceptors (Lipinski definition) is 6. The van der Waals surface area contributed by atoms with E-state index in [0.717, 1.165) is 35.6 Å². The van der Waals surface area contributed by atoms with Crippen molar-refractivity contribution in [2.75, 3.05) is 24.4 Å². The third kappa shape index (κ3) is 4.44. The molecule has 4 rings (SSSR count). The standard InChI is InChI=1S/C24H27N5O3/c1-4-5-14-32-20-10-6-17(7-11-20)22-21(16(2)27-24-25-15-26-29(22)24)23(30)28-18-8-12-19(31-3)13-9-18/h6-13,15,22H,4-5,14H2,1-3H3,(H,28,30)(H,25,26,27)/t22-/m0/s1. The highest BCUT2D eigenvalue weighted by Gasteiger charge is 2.33. The molecule has 0 spiro atoms. The van der Waals surface area contributed by atoms with E-state index in [9.17, 15) is 4.79 Å². The van der Waals surface area contributed by atoms with Crippen molar-refractivity contribution in [2.45, 2.75) is 32.7 Å². The lowest BCUT2D eigenvalue weighted by atomic mass is 9.95. The maximum atomic E-state index is 13.4. The number of anilines is 2. The number of ether oxygens (including phenoxy) is 2. The number of nitrogens with zero attached hydrogens (tertiary/aromatic N) is 3. The SMILES string of the molecule is CCCCOc1ccc([C@H]2C(C(=O)Nc3ccc(OC)cc3)=C(C)Nc3ncnn32)cc1. The molecule has 0 fully saturated rings. The number of carbonyl (C=O) groups is 1. The summed E-state index contributed by atoms with van der Waals surface area (Å²) in [5.41, 5.74) is 2.89. The Kier molecular flexibility index (Phi) is 6.39. The van der Waals surface area contributed by atoms with Crippen molar-refractivity contribution in [1.82, 2.24) is 14.8 Å². The highest BCUT2D eigenvalue weighted by atomic mass is 16.5. The number of nitrogens with one attached hydrogen (secondary N) is 2. The van der Waals surface area contributed by atoms with Gasteiger partial charge in [0.1, 0.15) is 23.9 Å². The van der Waals surface area contributed by atoms with Gasteiger partial charge in [-0.25, -0.2) is 4.68 Å². The molecule has 2 aromatic carbocycles. The number of carbonyl (C=O) groups excluding carboxylic acids is 1. The van der Waals surface area contributed by atoms with Gasteiger partial charge < -0.3 is 20.1 Å². The number of rotatable bonds is 8. The van der Waals surface area contributed by atoms with E-state index in [1.54, 1.807) is 36.1 Å². The largest absolute Gasteiger partial charge is 0.497 e. The lowest BCUT2D eigenvalue weighted by Crippen LogP contribution is -2.31. The molecular formula is C24H27N5O3. The van der Waals surface area contributed by atoms with Crippen molar-refractivity contribution in [3.63, 3.8) is 0 Å². The third-order valence-electron chi connectivity index (χ3n) is 5.35. The Labute approximate surface area is 187 Å². The molecule has 0 bridgehead atoms. The molecule has 1 amide bonds. The Morgan fingerprint density at radius 2 is 1.84 bits per heavy atom. The monoisotopic (exact) mass is 433 g/mol. The quantitative estimate of drug-likeness (QED) is 0.512. The van der Waals surface area contributed by atoms with Gasteiger partial charge in [0.05, 0.1) is 19.3 Å². The topological polar surface area (TPSA) is 90.3 Å². The molecule has 166 valence electrons. The molecule has 1 aliphatic heterocycles. The zero-order valence-electron chi connectivity index (χ0n) is 18.5. The second kappa shape index (κ2) is 9.55. The molecule has 8 heteroatoms. The van der Waals surface area contributed by atoms with Gasteiger partial charge >= 0.3 is 0 Å². The van der Waals surface area contributed by atoms with E-state index in [4.69, 9.17) is 9.47 Å². The predicted molar refractivity (Wildman–Crippen MR) is 123 cm³/mol. The molecule has 3 aromatic rings. The van der Waals surface area contributed by atoms with Crippen LogP contribution in [-0.4, -0.2) is 34.4 Å². The fourth-order valence-electron chi connectivity index (χ4n) is 3.65. The van der Waals surface area contributed by atoms with Crippen LogP contribution in [0.4, 0.5) is 11.6 Å². The van der Waals surface area contributed by atoms with Crippen LogP contribution in [0.5, 0.6) is 11.5 Å². The number of amides is 1. The molecule has 0 radical (unpaired) electrons. The van der Waals surface area contributed by atoms with E-state index in [-0.39, 0.29) is 5.91 Å². The highest BCUT2D eigenvalue weighted by molar-refractivity contribution is 6.06. The molecule has 0 saturated carbocycles. The van der Waals surface area contributed by atoms with Crippen molar-refractivity contribution in [3.8, 4) is 11.5 Å². The summed E-state index contributed by atoms with van der Waals surface area (Å²) in [6.07, 6.45) is 3.57. The van der Waals surface area contributed by atoms with Crippen LogP contribution in [0, 0.1) is 0 Å². The minimum absolute atomic E-state index is 0.213. The molecule has 0 aliphatic carbocycles. The smallest absolute Gasteiger partial charge is 0.255 e. The van der Waals surface area contributed by atoms with Gasteiger partial charge in [0.15, 0.2) is 0 Å². The van der Waals surface area contributed by atoms with Gasteiger partial charge in [0.25, 0.3) is 5.91 Å². The zero-order chi connectivity index (χ0) is 22.5. The summed E-state index contributed by atoms with van der Waals surface area (Å²) in [6.45, 7) is 4.69. The Hall–Kier alpha value is -3.81. The second-order valence-electron chi connectivity index (χ2n) is 7.55. The van der Waals surface area contributed by atoms with Gasteiger partial charge in [-0.2, -0.15) is 10.1 Å². The minimum atomic E-state index is -0.420. The normalized spacial score (nSPS) is 15.0. The maximum Gasteiger partial charge on any atom is 0.255 e. The van der Waals surface area contributed by atoms with Crippen molar-refractivity contribution in [2.24, 2.45) is 0 Å². The Balaban J connectivity index is 1.62. The van der Waals surface area contributed by atoms with Gasteiger partial charge in [-0.15, -0.1) is 0 Å². The van der Waals surface area contributed by atoms with E-state index in [0.29, 0.717) is 23.8 Å². The molecular weight excluding hydrogens is 406 g/mol. The van der Waals surface area contributed by atoms with Gasteiger partial charge in [0.2, 0.25) is 5.95 Å². The summed E-state index contributed by atoms with van der Waals surface area (Å²) >= 11 is 0. The van der Waals surface area contributed by atoms with E-state index in [1.165, 1.54) is 6.33 Å². The Morgan fingerprint density at radius 1 is 1.12 bits per heavy atom. The van der Waals surface area contributed by atoms with Crippen molar-refractivity contribution >= 4 is 17.5 Å². The molecule has 0 unspecified atom stereocenters. The first-order valence-corrected chi connectivity index (χ1v) is 10.7. The van der Waals surface area contributed by atoms with Crippen LogP contribution in [0.3, 0.4) is 0 Å². The lowest BCUT2D eigenvalue weighted by Gasteiger charge is -2.28. The summed E-state index contributed by atoms with van der Waals surface area (Å²) in [4.78, 5) is 17.6. The average molecular weight is 434 g/mol. The fraction of sp³-hybridized carbons (Fsp3) is 0.292. The van der Waals surface area contributed by atoms with Gasteiger partial charge in [0, 0.05) is 11.4 Å². The molecule has 32 heavy (non-hydrogen) atoms. The van der Waals surface area contributed by atoms with Crippen molar-refractivity contribution in [3.05, 3.63) is 71.7 Å². The van der Waals surface area contributed by atoms with E-state index >= 15 is 0 Å². The Bertz CT molecular complexity index is 1100. The van der Waals surface area contributed by atoms with Gasteiger partial charge in [-0.3, -0.25) is 4.79 Å². The van der Waals surface area contributed by atoms with Crippen LogP contribution in [-0.2, 0) is 4.79 Å². The summed E-state index contributed by atoms with van der Waals surface area (Å²) in [6, 6.07) is 14.6. The summed E-state index contributed by atoms with van der Waals surface area (Å²) in [7, 11) is 1.61. The number of fused-ring (bicyclic) bond motifs is 1. The van der Waals surface area contributed by atoms with Crippen LogP contribution in [0.1, 0.15) is 38.3 Å². The van der Waals surface area contributed by atoms with Crippen LogP contribution in [0.15, 0.2) is 66.1 Å². The van der Waals surface area contributed by atoms with E-state index in [1.807, 2.05) is 31.2 Å². The first-order chi connectivity index (χ1) is 15.6. The van der Waals surface area contributed by atoms with Crippen LogP contribution < -0.4 is 20.1 Å². The maximum absolute atomic E-state index is 13.4. The fourth-order valence-corrected chi connectivity index (χ4v) is 3.65. The number of unbranched alkanes of at least 4 members (excludes halogenated alkanes) is 1. The van der Waals surface area contributed by atoms with E-state index in [2.05, 4.69) is 27.6 Å². The average Bonchev–Trinajstić information content (AvgIpc) is 3.27. The molecule has 1 atom stereocenters. The molecule has 2 N–H and O–H groups in total. The molecule has 0 saturated heterocycles. The molecule has 1 aliphatic rings. The van der Waals surface area contributed by atoms with Crippen LogP contribution >= 0.6 is 0 Å². The Morgan fingerprint density at radius 3 is 2.53 bits per heavy atom. The summed E-state index contributed by atoms with van der Waals surface area (Å²) in [5.74, 6) is 1.91. The van der Waals surface area contributed by atoms with Crippen molar-refractivity contribution < 1.29 is 14.3 Å². The van der Waals surface area contributed by atoms with Crippen LogP contribution in [0.25, 0.3) is 0 Å². The first kappa shape index (κ1) is 21.4. The van der Waals surface area contributed by atoms with Gasteiger partial charge in [-0.05, 0) is 55.3 Å². The number of aromatic nitrogens is 3. The van der Waals surface area contributed by atoms with Crippen LogP contribution in [0.2, 0.25) is 0 Å². The van der Waals surface area contributed by atoms with E-state index < -0.39 is 6.04 Å². The first-order valence-electron chi connectivity index (χ1n) is 10.7.